The number of fused-ring (bicyclic) bond motifs is 6. The highest BCUT2D eigenvalue weighted by molar-refractivity contribution is 7.99. The third-order valence-corrected chi connectivity index (χ3v) is 14.2. The fraction of sp³-hybridized carbons (Fsp3) is 0.105. The molecule has 0 aromatic heterocycles. The lowest BCUT2D eigenvalue weighted by Gasteiger charge is -2.33. The molecule has 4 aliphatic rings. The molecule has 0 N–H and O–H groups in total. The fourth-order valence-electron chi connectivity index (χ4n) is 9.88. The molecule has 0 spiro atoms. The van der Waals surface area contributed by atoms with Crippen LogP contribution >= 0.6 is 11.8 Å². The third-order valence-electron chi connectivity index (χ3n) is 13.1. The summed E-state index contributed by atoms with van der Waals surface area (Å²) in [6, 6.07) is 65.7. The zero-order valence-electron chi connectivity index (χ0n) is 33.8. The Labute approximate surface area is 361 Å². The highest BCUT2D eigenvalue weighted by Gasteiger charge is 2.32. The molecule has 1 fully saturated rings. The molecule has 0 radical (unpaired) electrons. The van der Waals surface area contributed by atoms with Crippen LogP contribution in [0.25, 0.3) is 27.8 Å². The maximum absolute atomic E-state index is 14.5. The number of aryl methyl sites for hydroxylation is 2. The molecule has 4 heteroatoms. The molecule has 1 saturated carbocycles. The SMILES string of the molecule is O=C1c2cc(-c3ccc(N4c5ccccc5Sc5ccccc54)cc3)ccc2C(=C2CCC2)c2cc(-c3ccc(N4c5ccccc5CCCc5ccccc54)cc3)ccc21. The maximum Gasteiger partial charge on any atom is 0.194 e. The summed E-state index contributed by atoms with van der Waals surface area (Å²) in [6.45, 7) is 0. The fourth-order valence-corrected chi connectivity index (χ4v) is 10.9. The van der Waals surface area contributed by atoms with Crippen molar-refractivity contribution in [3.63, 3.8) is 0 Å². The van der Waals surface area contributed by atoms with Crippen LogP contribution < -0.4 is 9.80 Å². The molecule has 2 heterocycles. The van der Waals surface area contributed by atoms with Crippen LogP contribution in [0.4, 0.5) is 34.1 Å². The van der Waals surface area contributed by atoms with Gasteiger partial charge in [-0.15, -0.1) is 0 Å². The lowest BCUT2D eigenvalue weighted by atomic mass is 9.74. The molecule has 0 amide bonds. The molecule has 292 valence electrons. The summed E-state index contributed by atoms with van der Waals surface area (Å²) >= 11 is 1.82. The van der Waals surface area contributed by atoms with Crippen molar-refractivity contribution in [3.05, 3.63) is 221 Å². The summed E-state index contributed by atoms with van der Waals surface area (Å²) in [5.74, 6) is 0.0995. The molecular formula is C57H42N2OS. The summed E-state index contributed by atoms with van der Waals surface area (Å²) in [5, 5.41) is 0. The van der Waals surface area contributed by atoms with Crippen molar-refractivity contribution < 1.29 is 4.79 Å². The number of hydrogen-bond acceptors (Lipinski definition) is 4. The largest absolute Gasteiger partial charge is 0.310 e. The van der Waals surface area contributed by atoms with Crippen LogP contribution in [0.2, 0.25) is 0 Å². The quantitative estimate of drug-likeness (QED) is 0.177. The average molecular weight is 803 g/mol. The Balaban J connectivity index is 0.874. The second kappa shape index (κ2) is 14.7. The van der Waals surface area contributed by atoms with Crippen molar-refractivity contribution in [2.45, 2.75) is 48.3 Å². The summed E-state index contributed by atoms with van der Waals surface area (Å²) < 4.78 is 0. The van der Waals surface area contributed by atoms with E-state index in [1.165, 1.54) is 61.2 Å². The van der Waals surface area contributed by atoms with Crippen molar-refractivity contribution in [1.82, 2.24) is 0 Å². The number of carbonyl (C=O) groups is 1. The van der Waals surface area contributed by atoms with E-state index in [1.807, 2.05) is 11.8 Å². The number of benzene rings is 8. The molecule has 12 rings (SSSR count). The summed E-state index contributed by atoms with van der Waals surface area (Å²) in [7, 11) is 0. The number of hydrogen-bond donors (Lipinski definition) is 0. The Bertz CT molecular complexity index is 2990. The second-order valence-electron chi connectivity index (χ2n) is 16.6. The highest BCUT2D eigenvalue weighted by Crippen LogP contribution is 2.52. The van der Waals surface area contributed by atoms with Crippen LogP contribution in [-0.4, -0.2) is 5.78 Å². The average Bonchev–Trinajstić information content (AvgIpc) is 3.29. The first-order valence-electron chi connectivity index (χ1n) is 21.5. The van der Waals surface area contributed by atoms with E-state index in [2.05, 4.69) is 192 Å². The lowest BCUT2D eigenvalue weighted by molar-refractivity contribution is 0.103. The molecule has 8 aromatic carbocycles. The van der Waals surface area contributed by atoms with Crippen molar-refractivity contribution >= 4 is 57.2 Å². The summed E-state index contributed by atoms with van der Waals surface area (Å²) in [4.78, 5) is 21.8. The zero-order chi connectivity index (χ0) is 40.4. The predicted molar refractivity (Wildman–Crippen MR) is 253 cm³/mol. The number of para-hydroxylation sites is 4. The topological polar surface area (TPSA) is 23.6 Å². The molecule has 0 bridgehead atoms. The van der Waals surface area contributed by atoms with E-state index in [-0.39, 0.29) is 5.78 Å². The highest BCUT2D eigenvalue weighted by atomic mass is 32.2. The van der Waals surface area contributed by atoms with Crippen molar-refractivity contribution in [1.29, 1.82) is 0 Å². The predicted octanol–water partition coefficient (Wildman–Crippen LogP) is 15.4. The number of anilines is 6. The first-order valence-corrected chi connectivity index (χ1v) is 22.4. The molecule has 3 nitrogen and oxygen atoms in total. The van der Waals surface area contributed by atoms with E-state index in [1.54, 1.807) is 0 Å². The van der Waals surface area contributed by atoms with Gasteiger partial charge in [-0.05, 0) is 167 Å². The van der Waals surface area contributed by atoms with Gasteiger partial charge in [-0.25, -0.2) is 0 Å². The lowest BCUT2D eigenvalue weighted by Crippen LogP contribution is -2.17. The molecule has 0 saturated heterocycles. The first kappa shape index (κ1) is 36.0. The van der Waals surface area contributed by atoms with Gasteiger partial charge in [-0.1, -0.05) is 120 Å². The Morgan fingerprint density at radius 2 is 0.820 bits per heavy atom. The van der Waals surface area contributed by atoms with E-state index in [9.17, 15) is 4.79 Å². The van der Waals surface area contributed by atoms with E-state index >= 15 is 0 Å². The number of nitrogens with zero attached hydrogens (tertiary/aromatic N) is 2. The van der Waals surface area contributed by atoms with Crippen LogP contribution in [0.15, 0.2) is 197 Å². The number of allylic oxidation sites excluding steroid dienone is 1. The van der Waals surface area contributed by atoms with Crippen molar-refractivity contribution in [2.75, 3.05) is 9.80 Å². The Morgan fingerprint density at radius 3 is 1.36 bits per heavy atom. The summed E-state index contributed by atoms with van der Waals surface area (Å²) in [6.07, 6.45) is 6.61. The minimum absolute atomic E-state index is 0.0995. The standard InChI is InChI=1S/C57H42N2OS/c60-57-47-34-28-42(37-23-29-44(30-24-37)58-50-17-3-1-11-39(50)13-9-14-40-12-2-4-18-51(40)58)35-48(47)56(41-15-10-16-41)46-33-27-43(36-49(46)57)38-25-31-45(32-26-38)59-52-19-5-7-21-54(52)61-55-22-8-6-20-53(55)59/h1-8,11-12,17-36H,9-10,13-16H2. The number of ketones is 1. The van der Waals surface area contributed by atoms with E-state index in [0.29, 0.717) is 0 Å². The van der Waals surface area contributed by atoms with Gasteiger partial charge in [0.15, 0.2) is 5.78 Å². The molecule has 61 heavy (non-hydrogen) atoms. The first-order chi connectivity index (χ1) is 30.2. The van der Waals surface area contributed by atoms with Crippen molar-refractivity contribution in [2.24, 2.45) is 0 Å². The minimum Gasteiger partial charge on any atom is -0.310 e. The summed E-state index contributed by atoms with van der Waals surface area (Å²) in [5.41, 5.74) is 20.8. The molecule has 0 atom stereocenters. The monoisotopic (exact) mass is 802 g/mol. The molecule has 2 aliphatic heterocycles. The van der Waals surface area contributed by atoms with Gasteiger partial charge in [-0.2, -0.15) is 0 Å². The molecule has 2 aliphatic carbocycles. The zero-order valence-corrected chi connectivity index (χ0v) is 34.6. The Kier molecular flexibility index (Phi) is 8.67. The van der Waals surface area contributed by atoms with Gasteiger partial charge >= 0.3 is 0 Å². The maximum atomic E-state index is 14.5. The third kappa shape index (κ3) is 6.08. The van der Waals surface area contributed by atoms with Gasteiger partial charge < -0.3 is 9.80 Å². The van der Waals surface area contributed by atoms with Gasteiger partial charge in [0.1, 0.15) is 0 Å². The van der Waals surface area contributed by atoms with Crippen LogP contribution in [0.3, 0.4) is 0 Å². The normalized spacial score (nSPS) is 15.0. The second-order valence-corrected chi connectivity index (χ2v) is 17.7. The van der Waals surface area contributed by atoms with Crippen LogP contribution in [0, 0.1) is 0 Å². The Hall–Kier alpha value is -6.88. The van der Waals surface area contributed by atoms with Crippen molar-refractivity contribution in [3.8, 4) is 22.3 Å². The smallest absolute Gasteiger partial charge is 0.194 e. The van der Waals surface area contributed by atoms with E-state index in [4.69, 9.17) is 0 Å². The van der Waals surface area contributed by atoms with Gasteiger partial charge in [0, 0.05) is 43.7 Å². The van der Waals surface area contributed by atoms with Gasteiger partial charge in [0.25, 0.3) is 0 Å². The van der Waals surface area contributed by atoms with Crippen LogP contribution in [-0.2, 0) is 12.8 Å². The van der Waals surface area contributed by atoms with Gasteiger partial charge in [0.2, 0.25) is 0 Å². The van der Waals surface area contributed by atoms with Crippen LogP contribution in [0.1, 0.15) is 63.9 Å². The minimum atomic E-state index is 0.0995. The van der Waals surface area contributed by atoms with E-state index in [0.717, 1.165) is 88.0 Å². The molecule has 8 aromatic rings. The molecular weight excluding hydrogens is 761 g/mol. The van der Waals surface area contributed by atoms with Gasteiger partial charge in [0.05, 0.1) is 11.4 Å². The van der Waals surface area contributed by atoms with E-state index < -0.39 is 0 Å². The van der Waals surface area contributed by atoms with Crippen LogP contribution in [0.5, 0.6) is 0 Å². The number of rotatable bonds is 4. The molecule has 0 unspecified atom stereocenters. The van der Waals surface area contributed by atoms with Gasteiger partial charge in [-0.3, -0.25) is 4.79 Å². The number of carbonyl (C=O) groups excluding carboxylic acids is 1. The Morgan fingerprint density at radius 1 is 0.377 bits per heavy atom.